The zero-order valence-corrected chi connectivity index (χ0v) is 16.7. The molecule has 3 nitrogen and oxygen atoms in total. The van der Waals surface area contributed by atoms with Crippen molar-refractivity contribution < 1.29 is 4.79 Å². The minimum atomic E-state index is 0.0613. The van der Waals surface area contributed by atoms with E-state index in [0.717, 1.165) is 30.8 Å². The number of carbonyl (C=O) groups excluding carboxylic acids is 1. The molecule has 1 amide bonds. The number of carbonyl (C=O) groups is 1. The average molecular weight is 369 g/mol. The maximum atomic E-state index is 12.9. The molecule has 0 bridgehead atoms. The van der Waals surface area contributed by atoms with Crippen LogP contribution in [0.3, 0.4) is 0 Å². The quantitative estimate of drug-likeness (QED) is 0.795. The summed E-state index contributed by atoms with van der Waals surface area (Å²) in [5.41, 5.74) is 10.5. The molecule has 138 valence electrons. The molecule has 1 unspecified atom stereocenters. The summed E-state index contributed by atoms with van der Waals surface area (Å²) in [5, 5.41) is 0. The molecule has 1 saturated heterocycles. The number of hydrogen-bond acceptors (Lipinski definition) is 3. The van der Waals surface area contributed by atoms with E-state index < -0.39 is 0 Å². The molecule has 2 N–H and O–H groups in total. The fraction of sp³-hybridized carbons (Fsp3) is 0.409. The molecule has 1 aliphatic heterocycles. The zero-order valence-electron chi connectivity index (χ0n) is 15.9. The number of benzene rings is 2. The van der Waals surface area contributed by atoms with E-state index in [1.807, 2.05) is 34.9 Å². The average Bonchev–Trinajstić information content (AvgIpc) is 3.05. The van der Waals surface area contributed by atoms with Gasteiger partial charge in [-0.15, -0.1) is 11.8 Å². The minimum Gasteiger partial charge on any atom is -0.338 e. The van der Waals surface area contributed by atoms with Gasteiger partial charge in [0, 0.05) is 29.3 Å². The monoisotopic (exact) mass is 368 g/mol. The first-order chi connectivity index (χ1) is 12.4. The number of amides is 1. The van der Waals surface area contributed by atoms with Gasteiger partial charge in [0.2, 0.25) is 0 Å². The van der Waals surface area contributed by atoms with Gasteiger partial charge >= 0.3 is 0 Å². The van der Waals surface area contributed by atoms with Crippen LogP contribution in [0.2, 0.25) is 0 Å². The first-order valence-corrected chi connectivity index (χ1v) is 10.2. The molecule has 1 fully saturated rings. The summed E-state index contributed by atoms with van der Waals surface area (Å²) >= 11 is 1.83. The summed E-state index contributed by atoms with van der Waals surface area (Å²) in [4.78, 5) is 16.1. The number of thioether (sulfide) groups is 1. The standard InChI is InChI=1S/C22H28N2OS/c1-16-7-8-17(2)20(11-16)26-13-18-5-4-6-19(12-18)21(25)24-10-9-22(3,14-23)15-24/h4-8,11-12H,9-10,13-15,23H2,1-3H3. The van der Waals surface area contributed by atoms with Gasteiger partial charge in [-0.25, -0.2) is 0 Å². The lowest BCUT2D eigenvalue weighted by Gasteiger charge is -2.22. The third-order valence-corrected chi connectivity index (χ3v) is 6.48. The van der Waals surface area contributed by atoms with E-state index >= 15 is 0 Å². The van der Waals surface area contributed by atoms with E-state index in [4.69, 9.17) is 5.73 Å². The van der Waals surface area contributed by atoms with E-state index in [-0.39, 0.29) is 11.3 Å². The Kier molecular flexibility index (Phi) is 5.73. The highest BCUT2D eigenvalue weighted by molar-refractivity contribution is 7.98. The van der Waals surface area contributed by atoms with Crippen LogP contribution in [-0.4, -0.2) is 30.4 Å². The lowest BCUT2D eigenvalue weighted by molar-refractivity contribution is 0.0777. The summed E-state index contributed by atoms with van der Waals surface area (Å²) in [6.45, 7) is 8.61. The van der Waals surface area contributed by atoms with E-state index in [9.17, 15) is 4.79 Å². The van der Waals surface area contributed by atoms with Crippen molar-refractivity contribution in [2.75, 3.05) is 19.6 Å². The van der Waals surface area contributed by atoms with Crippen LogP contribution in [0, 0.1) is 19.3 Å². The SMILES string of the molecule is Cc1ccc(C)c(SCc2cccc(C(=O)N3CCC(C)(CN)C3)c2)c1. The van der Waals surface area contributed by atoms with Crippen LogP contribution in [0.5, 0.6) is 0 Å². The van der Waals surface area contributed by atoms with E-state index in [2.05, 4.69) is 45.0 Å². The van der Waals surface area contributed by atoms with Gasteiger partial charge in [-0.2, -0.15) is 0 Å². The molecule has 1 atom stereocenters. The van der Waals surface area contributed by atoms with Gasteiger partial charge in [0.15, 0.2) is 0 Å². The highest BCUT2D eigenvalue weighted by Gasteiger charge is 2.35. The van der Waals surface area contributed by atoms with Gasteiger partial charge in [-0.05, 0) is 61.6 Å². The lowest BCUT2D eigenvalue weighted by Crippen LogP contribution is -2.34. The first kappa shape index (κ1) is 19.0. The normalized spacial score (nSPS) is 19.8. The smallest absolute Gasteiger partial charge is 0.253 e. The van der Waals surface area contributed by atoms with Crippen LogP contribution in [-0.2, 0) is 5.75 Å². The number of nitrogens with two attached hydrogens (primary N) is 1. The van der Waals surface area contributed by atoms with Crippen molar-refractivity contribution in [1.82, 2.24) is 4.90 Å². The number of likely N-dealkylation sites (tertiary alicyclic amines) is 1. The second-order valence-electron chi connectivity index (χ2n) is 7.75. The van der Waals surface area contributed by atoms with Crippen LogP contribution in [0.4, 0.5) is 0 Å². The highest BCUT2D eigenvalue weighted by atomic mass is 32.2. The molecule has 1 heterocycles. The molecular formula is C22H28N2OS. The first-order valence-electron chi connectivity index (χ1n) is 9.18. The Hall–Kier alpha value is -1.78. The zero-order chi connectivity index (χ0) is 18.7. The molecule has 2 aromatic carbocycles. The Morgan fingerprint density at radius 2 is 2.04 bits per heavy atom. The third-order valence-electron chi connectivity index (χ3n) is 5.25. The fourth-order valence-electron chi connectivity index (χ4n) is 3.36. The largest absolute Gasteiger partial charge is 0.338 e. The lowest BCUT2D eigenvalue weighted by atomic mass is 9.90. The number of aryl methyl sites for hydroxylation is 2. The van der Waals surface area contributed by atoms with Crippen LogP contribution in [0.15, 0.2) is 47.4 Å². The molecule has 0 saturated carbocycles. The predicted molar refractivity (Wildman–Crippen MR) is 110 cm³/mol. The molecule has 4 heteroatoms. The van der Waals surface area contributed by atoms with Crippen molar-refractivity contribution in [2.45, 2.75) is 37.8 Å². The Labute approximate surface area is 161 Å². The van der Waals surface area contributed by atoms with Crippen molar-refractivity contribution in [3.8, 4) is 0 Å². The summed E-state index contributed by atoms with van der Waals surface area (Å²) in [6.07, 6.45) is 0.984. The van der Waals surface area contributed by atoms with Crippen LogP contribution < -0.4 is 5.73 Å². The Morgan fingerprint density at radius 1 is 1.23 bits per heavy atom. The number of nitrogens with zero attached hydrogens (tertiary/aromatic N) is 1. The van der Waals surface area contributed by atoms with Crippen molar-refractivity contribution in [3.63, 3.8) is 0 Å². The Morgan fingerprint density at radius 3 is 2.77 bits per heavy atom. The number of hydrogen-bond donors (Lipinski definition) is 1. The Bertz CT molecular complexity index is 804. The summed E-state index contributed by atoms with van der Waals surface area (Å²) < 4.78 is 0. The molecule has 3 rings (SSSR count). The summed E-state index contributed by atoms with van der Waals surface area (Å²) in [6, 6.07) is 14.6. The van der Waals surface area contributed by atoms with E-state index in [1.165, 1.54) is 21.6 Å². The third kappa shape index (κ3) is 4.30. The molecule has 1 aliphatic rings. The predicted octanol–water partition coefficient (Wildman–Crippen LogP) is 4.41. The second-order valence-corrected chi connectivity index (χ2v) is 8.77. The van der Waals surface area contributed by atoms with Gasteiger partial charge < -0.3 is 10.6 Å². The van der Waals surface area contributed by atoms with Gasteiger partial charge in [0.05, 0.1) is 0 Å². The molecular weight excluding hydrogens is 340 g/mol. The minimum absolute atomic E-state index is 0.0613. The van der Waals surface area contributed by atoms with Crippen LogP contribution >= 0.6 is 11.8 Å². The van der Waals surface area contributed by atoms with Gasteiger partial charge in [-0.3, -0.25) is 4.79 Å². The van der Waals surface area contributed by atoms with Gasteiger partial charge in [0.1, 0.15) is 0 Å². The van der Waals surface area contributed by atoms with Gasteiger partial charge in [-0.1, -0.05) is 36.8 Å². The van der Waals surface area contributed by atoms with E-state index in [1.54, 1.807) is 0 Å². The molecule has 0 aliphatic carbocycles. The van der Waals surface area contributed by atoms with Crippen LogP contribution in [0.25, 0.3) is 0 Å². The summed E-state index contributed by atoms with van der Waals surface area (Å²) in [5.74, 6) is 0.993. The number of rotatable bonds is 5. The molecule has 2 aromatic rings. The van der Waals surface area contributed by atoms with E-state index in [0.29, 0.717) is 6.54 Å². The van der Waals surface area contributed by atoms with Crippen molar-refractivity contribution in [2.24, 2.45) is 11.1 Å². The highest BCUT2D eigenvalue weighted by Crippen LogP contribution is 2.30. The molecule has 26 heavy (non-hydrogen) atoms. The van der Waals surface area contributed by atoms with Crippen molar-refractivity contribution >= 4 is 17.7 Å². The molecule has 0 aromatic heterocycles. The van der Waals surface area contributed by atoms with Crippen molar-refractivity contribution in [1.29, 1.82) is 0 Å². The maximum absolute atomic E-state index is 12.9. The summed E-state index contributed by atoms with van der Waals surface area (Å²) in [7, 11) is 0. The van der Waals surface area contributed by atoms with Gasteiger partial charge in [0.25, 0.3) is 5.91 Å². The van der Waals surface area contributed by atoms with Crippen LogP contribution in [0.1, 0.15) is 40.4 Å². The maximum Gasteiger partial charge on any atom is 0.253 e. The second kappa shape index (κ2) is 7.85. The fourth-order valence-corrected chi connectivity index (χ4v) is 4.43. The molecule has 0 radical (unpaired) electrons. The van der Waals surface area contributed by atoms with Crippen molar-refractivity contribution in [3.05, 3.63) is 64.7 Å². The molecule has 0 spiro atoms. The topological polar surface area (TPSA) is 46.3 Å². The Balaban J connectivity index is 1.68.